The number of benzene rings is 1. The van der Waals surface area contributed by atoms with Crippen LogP contribution in [0.3, 0.4) is 0 Å². The summed E-state index contributed by atoms with van der Waals surface area (Å²) < 4.78 is 0. The Hall–Kier alpha value is -4.70. The number of rotatable bonds is 7. The molecule has 1 amide bonds. The van der Waals surface area contributed by atoms with E-state index >= 15 is 0 Å². The minimum atomic E-state index is 0.0331. The maximum absolute atomic E-state index is 12.7. The second-order valence-corrected chi connectivity index (χ2v) is 12.0. The molecule has 7 rings (SSSR count). The van der Waals surface area contributed by atoms with Gasteiger partial charge in [-0.1, -0.05) is 31.4 Å². The fourth-order valence-electron chi connectivity index (χ4n) is 5.78. The molecule has 1 saturated carbocycles. The number of H-pyrrole nitrogens is 2. The van der Waals surface area contributed by atoms with Gasteiger partial charge in [0.1, 0.15) is 5.69 Å². The summed E-state index contributed by atoms with van der Waals surface area (Å²) in [6.45, 7) is 1.58. The Bertz CT molecular complexity index is 1950. The Kier molecular flexibility index (Phi) is 6.83. The molecule has 9 nitrogen and oxygen atoms in total. The van der Waals surface area contributed by atoms with E-state index in [4.69, 9.17) is 4.98 Å². The van der Waals surface area contributed by atoms with Gasteiger partial charge in [-0.2, -0.15) is 5.10 Å². The number of nitrogens with zero attached hydrogens (tertiary/aromatic N) is 4. The number of thiophene rings is 1. The number of amides is 1. The van der Waals surface area contributed by atoms with Gasteiger partial charge in [-0.05, 0) is 56.0 Å². The zero-order valence-electron chi connectivity index (χ0n) is 23.1. The number of carbonyl (C=O) groups is 2. The van der Waals surface area contributed by atoms with Crippen LogP contribution in [-0.4, -0.2) is 41.8 Å². The van der Waals surface area contributed by atoms with Crippen LogP contribution in [-0.2, 0) is 4.79 Å². The molecule has 5 aromatic heterocycles. The smallest absolute Gasteiger partial charge is 0.224 e. The maximum atomic E-state index is 12.7. The van der Waals surface area contributed by atoms with E-state index in [1.165, 1.54) is 30.6 Å². The molecule has 1 aromatic carbocycles. The number of aromatic nitrogens is 6. The average Bonchev–Trinajstić information content (AvgIpc) is 3.75. The lowest BCUT2D eigenvalue weighted by molar-refractivity contribution is -0.117. The van der Waals surface area contributed by atoms with Crippen molar-refractivity contribution >= 4 is 50.7 Å². The number of aromatic amines is 2. The third-order valence-electron chi connectivity index (χ3n) is 7.92. The number of pyridine rings is 2. The number of imidazole rings is 1. The van der Waals surface area contributed by atoms with E-state index in [9.17, 15) is 9.59 Å². The summed E-state index contributed by atoms with van der Waals surface area (Å²) in [5, 5.41) is 11.5. The molecule has 0 bridgehead atoms. The first-order valence-electron chi connectivity index (χ1n) is 14.2. The summed E-state index contributed by atoms with van der Waals surface area (Å²) in [4.78, 5) is 43.6. The number of carbonyl (C=O) groups excluding carboxylic acids is 2. The van der Waals surface area contributed by atoms with Crippen molar-refractivity contribution in [3.63, 3.8) is 0 Å². The van der Waals surface area contributed by atoms with Crippen LogP contribution in [0.5, 0.6) is 0 Å². The van der Waals surface area contributed by atoms with Gasteiger partial charge >= 0.3 is 0 Å². The molecule has 5 heterocycles. The van der Waals surface area contributed by atoms with Gasteiger partial charge in [-0.3, -0.25) is 24.7 Å². The van der Waals surface area contributed by atoms with Gasteiger partial charge in [-0.15, -0.1) is 11.3 Å². The Labute approximate surface area is 245 Å². The molecule has 1 aliphatic rings. The summed E-state index contributed by atoms with van der Waals surface area (Å²) in [6, 6.07) is 13.7. The molecule has 1 fully saturated rings. The van der Waals surface area contributed by atoms with E-state index in [2.05, 4.69) is 30.5 Å². The summed E-state index contributed by atoms with van der Waals surface area (Å²) in [5.74, 6) is 1.18. The van der Waals surface area contributed by atoms with Crippen LogP contribution in [0.4, 0.5) is 5.69 Å². The summed E-state index contributed by atoms with van der Waals surface area (Å²) in [7, 11) is 0. The highest BCUT2D eigenvalue weighted by Crippen LogP contribution is 2.35. The third-order valence-corrected chi connectivity index (χ3v) is 9.14. The Morgan fingerprint density at radius 1 is 1.02 bits per heavy atom. The number of fused-ring (bicyclic) bond motifs is 2. The summed E-state index contributed by atoms with van der Waals surface area (Å²) in [6.07, 6.45) is 11.7. The standard InChI is InChI=1S/C32H29N7O2S/c1-18(40)27-10-11-28(42-27)22-8-5-9-24-30(22)37-32(36-24)31-23-14-25(34-17-26(23)38-39-31)20-13-21(16-33-15-20)35-29(41)12-19-6-3-2-4-7-19/h5,8-11,13-17,19H,2-4,6-7,12H2,1H3,(H,35,41)(H,36,37)(H,38,39). The highest BCUT2D eigenvalue weighted by molar-refractivity contribution is 7.17. The molecule has 0 unspecified atom stereocenters. The Morgan fingerprint density at radius 2 is 1.90 bits per heavy atom. The topological polar surface area (TPSA) is 129 Å². The second kappa shape index (κ2) is 10.9. The first-order chi connectivity index (χ1) is 20.5. The molecule has 10 heteroatoms. The van der Waals surface area contributed by atoms with Crippen LogP contribution >= 0.6 is 11.3 Å². The van der Waals surface area contributed by atoms with Crippen LogP contribution in [0.1, 0.15) is 55.1 Å². The van der Waals surface area contributed by atoms with Crippen molar-refractivity contribution in [2.24, 2.45) is 5.92 Å². The molecule has 3 N–H and O–H groups in total. The number of hydrogen-bond acceptors (Lipinski definition) is 7. The van der Waals surface area contributed by atoms with Crippen LogP contribution in [0.15, 0.2) is 61.1 Å². The van der Waals surface area contributed by atoms with Gasteiger partial charge in [0, 0.05) is 34.0 Å². The van der Waals surface area contributed by atoms with Gasteiger partial charge in [0.05, 0.1) is 45.2 Å². The van der Waals surface area contributed by atoms with E-state index < -0.39 is 0 Å². The lowest BCUT2D eigenvalue weighted by Gasteiger charge is -2.20. The van der Waals surface area contributed by atoms with E-state index in [1.807, 2.05) is 42.5 Å². The van der Waals surface area contributed by atoms with E-state index in [1.54, 1.807) is 25.5 Å². The minimum Gasteiger partial charge on any atom is -0.337 e. The minimum absolute atomic E-state index is 0.0331. The lowest BCUT2D eigenvalue weighted by atomic mass is 9.87. The zero-order chi connectivity index (χ0) is 28.6. The van der Waals surface area contributed by atoms with Crippen molar-refractivity contribution in [3.05, 3.63) is 65.9 Å². The summed E-state index contributed by atoms with van der Waals surface area (Å²) in [5.41, 5.74) is 6.29. The van der Waals surface area contributed by atoms with Gasteiger partial charge in [0.2, 0.25) is 5.91 Å². The predicted octanol–water partition coefficient (Wildman–Crippen LogP) is 7.40. The molecule has 0 aliphatic heterocycles. The number of anilines is 1. The molecular weight excluding hydrogens is 546 g/mol. The van der Waals surface area contributed by atoms with Crippen molar-refractivity contribution in [3.8, 4) is 33.2 Å². The van der Waals surface area contributed by atoms with Crippen LogP contribution < -0.4 is 5.32 Å². The molecule has 6 aromatic rings. The molecule has 42 heavy (non-hydrogen) atoms. The first-order valence-corrected chi connectivity index (χ1v) is 15.0. The van der Waals surface area contributed by atoms with E-state index in [0.29, 0.717) is 35.2 Å². The van der Waals surface area contributed by atoms with E-state index in [-0.39, 0.29) is 11.7 Å². The van der Waals surface area contributed by atoms with Crippen LogP contribution in [0.2, 0.25) is 0 Å². The fraction of sp³-hybridized carbons (Fsp3) is 0.250. The highest BCUT2D eigenvalue weighted by atomic mass is 32.1. The van der Waals surface area contributed by atoms with Crippen molar-refractivity contribution in [2.45, 2.75) is 45.4 Å². The quantitative estimate of drug-likeness (QED) is 0.170. The fourth-order valence-corrected chi connectivity index (χ4v) is 6.71. The molecule has 210 valence electrons. The summed E-state index contributed by atoms with van der Waals surface area (Å²) >= 11 is 1.47. The van der Waals surface area contributed by atoms with Crippen molar-refractivity contribution in [2.75, 3.05) is 5.32 Å². The monoisotopic (exact) mass is 575 g/mol. The normalized spacial score (nSPS) is 14.0. The maximum Gasteiger partial charge on any atom is 0.224 e. The van der Waals surface area contributed by atoms with Gasteiger partial charge in [0.15, 0.2) is 11.6 Å². The molecule has 0 spiro atoms. The zero-order valence-corrected chi connectivity index (χ0v) is 23.9. The van der Waals surface area contributed by atoms with Gasteiger partial charge < -0.3 is 10.3 Å². The Morgan fingerprint density at radius 3 is 2.74 bits per heavy atom. The molecular formula is C32H29N7O2S. The molecule has 0 radical (unpaired) electrons. The number of Topliss-reactive ketones (excluding diaryl/α,β-unsaturated/α-hetero) is 1. The number of ketones is 1. The lowest BCUT2D eigenvalue weighted by Crippen LogP contribution is -2.18. The first kappa shape index (κ1) is 26.2. The second-order valence-electron chi connectivity index (χ2n) is 10.9. The SMILES string of the molecule is CC(=O)c1ccc(-c2cccc3[nH]c(-c4n[nH]c5cnc(-c6cncc(NC(=O)CC7CCCCC7)c6)cc45)nc23)s1. The average molecular weight is 576 g/mol. The number of para-hydroxylation sites is 1. The molecule has 0 atom stereocenters. The van der Waals surface area contributed by atoms with Crippen molar-refractivity contribution in [1.29, 1.82) is 0 Å². The third kappa shape index (κ3) is 5.09. The highest BCUT2D eigenvalue weighted by Gasteiger charge is 2.19. The number of nitrogens with one attached hydrogen (secondary N) is 3. The van der Waals surface area contributed by atoms with Crippen molar-refractivity contribution < 1.29 is 9.59 Å². The molecule has 0 saturated heterocycles. The Balaban J connectivity index is 1.19. The van der Waals surface area contributed by atoms with Gasteiger partial charge in [0.25, 0.3) is 0 Å². The van der Waals surface area contributed by atoms with Crippen molar-refractivity contribution in [1.82, 2.24) is 30.1 Å². The van der Waals surface area contributed by atoms with Crippen LogP contribution in [0.25, 0.3) is 55.2 Å². The predicted molar refractivity (Wildman–Crippen MR) is 165 cm³/mol. The van der Waals surface area contributed by atoms with Crippen LogP contribution in [0, 0.1) is 5.92 Å². The largest absolute Gasteiger partial charge is 0.337 e. The van der Waals surface area contributed by atoms with Gasteiger partial charge in [-0.25, -0.2) is 4.98 Å². The molecule has 1 aliphatic carbocycles. The number of hydrogen-bond donors (Lipinski definition) is 3. The van der Waals surface area contributed by atoms with E-state index in [0.717, 1.165) is 55.7 Å².